The summed E-state index contributed by atoms with van der Waals surface area (Å²) in [5.41, 5.74) is 10.6. The summed E-state index contributed by atoms with van der Waals surface area (Å²) in [6, 6.07) is 45.8. The maximum absolute atomic E-state index is 6.64. The van der Waals surface area contributed by atoms with Crippen molar-refractivity contribution in [3.8, 4) is 5.75 Å². The van der Waals surface area contributed by atoms with Crippen molar-refractivity contribution in [2.75, 3.05) is 6.54 Å². The van der Waals surface area contributed by atoms with Crippen LogP contribution in [0.15, 0.2) is 156 Å². The van der Waals surface area contributed by atoms with E-state index in [1.54, 1.807) is 0 Å². The second-order valence-electron chi connectivity index (χ2n) is 14.7. The number of benzene rings is 5. The Morgan fingerprint density at radius 1 is 0.824 bits per heavy atom. The van der Waals surface area contributed by atoms with Crippen LogP contribution in [0.5, 0.6) is 5.75 Å². The molecule has 6 heteroatoms. The topological polar surface area (TPSA) is 69.1 Å². The largest absolute Gasteiger partial charge is 0.486 e. The monoisotopic (exact) mass is 667 g/mol. The molecular formula is C45H41N5O+2. The summed E-state index contributed by atoms with van der Waals surface area (Å²) >= 11 is 0. The quantitative estimate of drug-likeness (QED) is 0.203. The molecule has 51 heavy (non-hydrogen) atoms. The Morgan fingerprint density at radius 2 is 1.55 bits per heavy atom. The van der Waals surface area contributed by atoms with Crippen LogP contribution in [0, 0.1) is 5.92 Å². The fourth-order valence-corrected chi connectivity index (χ4v) is 8.98. The van der Waals surface area contributed by atoms with Gasteiger partial charge in [0.1, 0.15) is 23.9 Å². The lowest BCUT2D eigenvalue weighted by Crippen LogP contribution is -2.87. The number of fused-ring (bicyclic) bond motifs is 6. The van der Waals surface area contributed by atoms with Gasteiger partial charge in [0.25, 0.3) is 0 Å². The van der Waals surface area contributed by atoms with Crippen molar-refractivity contribution in [3.63, 3.8) is 0 Å². The molecule has 0 bridgehead atoms. The van der Waals surface area contributed by atoms with Crippen molar-refractivity contribution in [3.05, 3.63) is 173 Å². The van der Waals surface area contributed by atoms with Gasteiger partial charge in [-0.15, -0.1) is 0 Å². The molecule has 250 valence electrons. The Balaban J connectivity index is 1.09. The highest BCUT2D eigenvalue weighted by Gasteiger charge is 2.48. The van der Waals surface area contributed by atoms with Gasteiger partial charge in [-0.1, -0.05) is 97.9 Å². The molecule has 0 spiro atoms. The lowest BCUT2D eigenvalue weighted by molar-refractivity contribution is -0.574. The SMILES string of the molecule is CC1CC2(C)Oc3ccccc3C2C=C1C1=CC(c2ccccc2)=[NH+]C(n2c3ccccc3c3ccc(C4CN=C(c5ccccc5)[NH2+]4)cc32)N1. The van der Waals surface area contributed by atoms with Crippen molar-refractivity contribution < 1.29 is 15.0 Å². The van der Waals surface area contributed by atoms with E-state index in [0.717, 1.165) is 41.5 Å². The van der Waals surface area contributed by atoms with Crippen LogP contribution in [-0.4, -0.2) is 28.3 Å². The Bertz CT molecular complexity index is 2460. The highest BCUT2D eigenvalue weighted by Crippen LogP contribution is 2.53. The minimum absolute atomic E-state index is 0.192. The summed E-state index contributed by atoms with van der Waals surface area (Å²) in [5, 5.41) is 8.85. The summed E-state index contributed by atoms with van der Waals surface area (Å²) < 4.78 is 9.10. The first-order valence-electron chi connectivity index (χ1n) is 18.2. The standard InChI is InChI=1S/C45H39N5O/c1-28-26-45(2)36(34-18-10-12-20-42(34)51-45)24-35(28)38-25-37(29-13-5-3-6-14-29)48-44(49-38)50-40-19-11-9-17-32(40)33-22-21-31(23-41(33)50)39-27-46-43(47-39)30-15-7-4-8-16-30/h3-25,28,36,39,44,49H,26-27H2,1-2H3,(H,46,47)/p+2. The Hall–Kier alpha value is -5.72. The first-order chi connectivity index (χ1) is 25.0. The summed E-state index contributed by atoms with van der Waals surface area (Å²) in [5.74, 6) is 2.59. The number of ether oxygens (including phenoxy) is 1. The molecule has 3 aliphatic heterocycles. The number of aromatic nitrogens is 1. The van der Waals surface area contributed by atoms with Gasteiger partial charge in [0, 0.05) is 39.5 Å². The molecular weight excluding hydrogens is 627 g/mol. The van der Waals surface area contributed by atoms with E-state index in [1.807, 2.05) is 0 Å². The van der Waals surface area contributed by atoms with Crippen LogP contribution in [0.4, 0.5) is 0 Å². The third kappa shape index (κ3) is 4.96. The third-order valence-corrected chi connectivity index (χ3v) is 11.4. The lowest BCUT2D eigenvalue weighted by atomic mass is 9.71. The number of para-hydroxylation sites is 2. The normalized spacial score (nSPS) is 25.3. The molecule has 6 nitrogen and oxygen atoms in total. The Kier molecular flexibility index (Phi) is 6.90. The number of amidine groups is 1. The summed E-state index contributed by atoms with van der Waals surface area (Å²) in [6.45, 7) is 5.38. The van der Waals surface area contributed by atoms with Crippen molar-refractivity contribution in [1.29, 1.82) is 0 Å². The smallest absolute Gasteiger partial charge is 0.312 e. The fourth-order valence-electron chi connectivity index (χ4n) is 8.98. The number of hydrogen-bond acceptors (Lipinski definition) is 3. The highest BCUT2D eigenvalue weighted by molar-refractivity contribution is 6.09. The van der Waals surface area contributed by atoms with Gasteiger partial charge in [0.05, 0.1) is 22.3 Å². The van der Waals surface area contributed by atoms with E-state index in [4.69, 9.17) is 9.73 Å². The molecule has 5 atom stereocenters. The van der Waals surface area contributed by atoms with Gasteiger partial charge in [0.15, 0.2) is 0 Å². The maximum atomic E-state index is 6.64. The molecule has 0 saturated heterocycles. The molecule has 0 radical (unpaired) electrons. The number of nitrogens with two attached hydrogens (primary N) is 1. The minimum atomic E-state index is -0.254. The van der Waals surface area contributed by atoms with Crippen LogP contribution in [0.25, 0.3) is 21.8 Å². The van der Waals surface area contributed by atoms with E-state index >= 15 is 0 Å². The molecule has 10 rings (SSSR count). The molecule has 1 aliphatic carbocycles. The van der Waals surface area contributed by atoms with Gasteiger partial charge in [0.2, 0.25) is 11.5 Å². The number of quaternary nitrogens is 1. The van der Waals surface area contributed by atoms with Crippen LogP contribution in [0.3, 0.4) is 0 Å². The molecule has 4 N–H and O–H groups in total. The van der Waals surface area contributed by atoms with E-state index in [-0.39, 0.29) is 23.9 Å². The van der Waals surface area contributed by atoms with E-state index in [1.165, 1.54) is 44.1 Å². The predicted molar refractivity (Wildman–Crippen MR) is 204 cm³/mol. The molecule has 5 unspecified atom stereocenters. The number of nitrogens with zero attached hydrogens (tertiary/aromatic N) is 2. The summed E-state index contributed by atoms with van der Waals surface area (Å²) in [4.78, 5) is 8.89. The molecule has 6 aromatic rings. The van der Waals surface area contributed by atoms with Crippen LogP contribution >= 0.6 is 0 Å². The molecule has 0 amide bonds. The van der Waals surface area contributed by atoms with Crippen molar-refractivity contribution >= 4 is 33.4 Å². The molecule has 0 saturated carbocycles. The number of rotatable bonds is 5. The molecule has 4 aliphatic rings. The van der Waals surface area contributed by atoms with Gasteiger partial charge >= 0.3 is 6.29 Å². The third-order valence-electron chi connectivity index (χ3n) is 11.4. The summed E-state index contributed by atoms with van der Waals surface area (Å²) in [6.07, 6.45) is 5.51. The van der Waals surface area contributed by atoms with Gasteiger partial charge in [-0.05, 0) is 67.3 Å². The zero-order chi connectivity index (χ0) is 34.1. The van der Waals surface area contributed by atoms with Crippen molar-refractivity contribution in [1.82, 2.24) is 9.88 Å². The average molecular weight is 668 g/mol. The first-order valence-corrected chi connectivity index (χ1v) is 18.2. The number of hydrogen-bond donors (Lipinski definition) is 3. The average Bonchev–Trinajstić information content (AvgIpc) is 3.87. The fraction of sp³-hybridized carbons (Fsp3) is 0.200. The van der Waals surface area contributed by atoms with Crippen molar-refractivity contribution in [2.45, 2.75) is 44.1 Å². The molecule has 5 aromatic carbocycles. The predicted octanol–water partition coefficient (Wildman–Crippen LogP) is 6.27. The molecule has 4 heterocycles. The van der Waals surface area contributed by atoms with E-state index < -0.39 is 0 Å². The molecule has 1 aromatic heterocycles. The Morgan fingerprint density at radius 3 is 2.39 bits per heavy atom. The second kappa shape index (κ2) is 11.7. The van der Waals surface area contributed by atoms with Gasteiger partial charge in [-0.2, -0.15) is 0 Å². The van der Waals surface area contributed by atoms with Crippen molar-refractivity contribution in [2.24, 2.45) is 10.9 Å². The van der Waals surface area contributed by atoms with Crippen LogP contribution in [0.1, 0.15) is 60.8 Å². The maximum Gasteiger partial charge on any atom is 0.312 e. The van der Waals surface area contributed by atoms with E-state index in [0.29, 0.717) is 5.92 Å². The van der Waals surface area contributed by atoms with E-state index in [9.17, 15) is 0 Å². The number of aliphatic imine (C=N–C) groups is 1. The van der Waals surface area contributed by atoms with Crippen LogP contribution in [-0.2, 0) is 0 Å². The van der Waals surface area contributed by atoms with Gasteiger partial charge in [-0.25, -0.2) is 9.98 Å². The Labute approximate surface area is 297 Å². The summed E-state index contributed by atoms with van der Waals surface area (Å²) in [7, 11) is 0. The highest BCUT2D eigenvalue weighted by atomic mass is 16.5. The molecule has 0 fully saturated rings. The van der Waals surface area contributed by atoms with Crippen LogP contribution < -0.4 is 20.4 Å². The zero-order valence-corrected chi connectivity index (χ0v) is 28.9. The van der Waals surface area contributed by atoms with Gasteiger partial charge < -0.3 is 10.1 Å². The number of nitrogens with one attached hydrogen (secondary N) is 2. The second-order valence-corrected chi connectivity index (χ2v) is 14.7. The minimum Gasteiger partial charge on any atom is -0.486 e. The lowest BCUT2D eigenvalue weighted by Gasteiger charge is -2.38. The van der Waals surface area contributed by atoms with Gasteiger partial charge in [-0.3, -0.25) is 9.88 Å². The number of allylic oxidation sites excluding steroid dienone is 2. The van der Waals surface area contributed by atoms with Crippen LogP contribution in [0.2, 0.25) is 0 Å². The first kappa shape index (κ1) is 30.1. The zero-order valence-electron chi connectivity index (χ0n) is 28.9. The van der Waals surface area contributed by atoms with E-state index in [2.05, 4.69) is 174 Å².